The van der Waals surface area contributed by atoms with Crippen molar-refractivity contribution in [1.82, 2.24) is 14.9 Å². The molecular weight excluding hydrogens is 579 g/mol. The monoisotopic (exact) mass is 616 g/mol. The number of hydrogen-bond acceptors (Lipinski definition) is 5. The van der Waals surface area contributed by atoms with E-state index in [1.165, 1.54) is 29.7 Å². The summed E-state index contributed by atoms with van der Waals surface area (Å²) in [5.74, 6) is 0.610. The minimum Gasteiger partial charge on any atom is -0.481 e. The molecule has 3 aliphatic rings. The van der Waals surface area contributed by atoms with Gasteiger partial charge in [-0.25, -0.2) is 4.98 Å². The second kappa shape index (κ2) is 12.1. The van der Waals surface area contributed by atoms with Gasteiger partial charge in [0, 0.05) is 37.1 Å². The Balaban J connectivity index is 1.17. The molecular formula is C29H37IN4O3. The van der Waals surface area contributed by atoms with E-state index in [2.05, 4.69) is 46.1 Å². The maximum atomic E-state index is 13.1. The Hall–Kier alpha value is -2.23. The smallest absolute Gasteiger partial charge is 0.303 e. The van der Waals surface area contributed by atoms with Crippen LogP contribution < -0.4 is 5.32 Å². The molecule has 1 aliphatic carbocycles. The molecule has 2 aromatic heterocycles. The zero-order chi connectivity index (χ0) is 25.8. The fraction of sp³-hybridized carbons (Fsp3) is 0.586. The summed E-state index contributed by atoms with van der Waals surface area (Å²) in [4.78, 5) is 36.4. The molecule has 2 aliphatic heterocycles. The van der Waals surface area contributed by atoms with Crippen LogP contribution in [0.3, 0.4) is 0 Å². The van der Waals surface area contributed by atoms with Crippen LogP contribution in [-0.2, 0) is 35.3 Å². The summed E-state index contributed by atoms with van der Waals surface area (Å²) in [5, 5.41) is 13.1. The average molecular weight is 617 g/mol. The Morgan fingerprint density at radius 3 is 2.84 bits per heavy atom. The number of carboxylic acids is 1. The van der Waals surface area contributed by atoms with Crippen LogP contribution in [0.1, 0.15) is 85.4 Å². The Kier molecular flexibility index (Phi) is 8.62. The number of likely N-dealkylation sites (tertiary alicyclic amines) is 1. The number of alkyl halides is 1. The average Bonchev–Trinajstić information content (AvgIpc) is 2.91. The maximum absolute atomic E-state index is 13.1. The number of rotatable bonds is 8. The first-order valence-corrected chi connectivity index (χ1v) is 15.1. The Bertz CT molecular complexity index is 1140. The van der Waals surface area contributed by atoms with E-state index < -0.39 is 5.97 Å². The summed E-state index contributed by atoms with van der Waals surface area (Å²) in [5.41, 5.74) is 5.86. The topological polar surface area (TPSA) is 95.4 Å². The molecule has 2 N–H and O–H groups in total. The van der Waals surface area contributed by atoms with Crippen LogP contribution in [0.4, 0.5) is 5.82 Å². The minimum atomic E-state index is -0.766. The normalized spacial score (nSPS) is 21.9. The highest BCUT2D eigenvalue weighted by Gasteiger charge is 2.35. The highest BCUT2D eigenvalue weighted by atomic mass is 127. The van der Waals surface area contributed by atoms with E-state index in [4.69, 9.17) is 9.97 Å². The van der Waals surface area contributed by atoms with E-state index in [0.29, 0.717) is 13.0 Å². The molecule has 2 aromatic rings. The van der Waals surface area contributed by atoms with Crippen molar-refractivity contribution >= 4 is 40.3 Å². The lowest BCUT2D eigenvalue weighted by molar-refractivity contribution is -0.138. The van der Waals surface area contributed by atoms with Crippen LogP contribution in [0.5, 0.6) is 0 Å². The first kappa shape index (κ1) is 26.4. The number of amides is 1. The molecule has 1 amide bonds. The molecule has 0 spiro atoms. The van der Waals surface area contributed by atoms with Crippen LogP contribution in [0, 0.1) is 5.92 Å². The van der Waals surface area contributed by atoms with Gasteiger partial charge in [0.25, 0.3) is 0 Å². The van der Waals surface area contributed by atoms with Gasteiger partial charge in [0.15, 0.2) is 0 Å². The number of carboxylic acid groups (broad SMARTS) is 1. The molecule has 0 bridgehead atoms. The Labute approximate surface area is 233 Å². The summed E-state index contributed by atoms with van der Waals surface area (Å²) in [6, 6.07) is 6.49. The minimum absolute atomic E-state index is 0.0598. The molecule has 37 heavy (non-hydrogen) atoms. The SMILES string of the molecule is O=C(O)CC(c1cnc2c(c1)CCCC2)C1CCN(C(=O)CCCc2ccc3c(n2)NCCC3)C(I)C1. The van der Waals surface area contributed by atoms with E-state index >= 15 is 0 Å². The van der Waals surface area contributed by atoms with Gasteiger partial charge in [-0.05, 0) is 98.8 Å². The van der Waals surface area contributed by atoms with Crippen molar-refractivity contribution < 1.29 is 14.7 Å². The number of aromatic nitrogens is 2. The molecule has 8 heteroatoms. The number of anilines is 1. The van der Waals surface area contributed by atoms with Crippen molar-refractivity contribution in [2.24, 2.45) is 5.92 Å². The number of fused-ring (bicyclic) bond motifs is 2. The zero-order valence-electron chi connectivity index (χ0n) is 21.4. The van der Waals surface area contributed by atoms with Gasteiger partial charge in [-0.1, -0.05) is 34.7 Å². The summed E-state index contributed by atoms with van der Waals surface area (Å²) in [7, 11) is 0. The van der Waals surface area contributed by atoms with E-state index in [1.54, 1.807) is 0 Å². The molecule has 3 unspecified atom stereocenters. The number of carbonyl (C=O) groups is 2. The third-order valence-corrected chi connectivity index (χ3v) is 9.44. The van der Waals surface area contributed by atoms with E-state index in [-0.39, 0.29) is 28.2 Å². The molecule has 0 aromatic carbocycles. The third kappa shape index (κ3) is 6.44. The lowest BCUT2D eigenvalue weighted by atomic mass is 9.77. The zero-order valence-corrected chi connectivity index (χ0v) is 23.6. The quantitative estimate of drug-likeness (QED) is 0.238. The second-order valence-electron chi connectivity index (χ2n) is 10.8. The van der Waals surface area contributed by atoms with E-state index in [9.17, 15) is 14.7 Å². The van der Waals surface area contributed by atoms with Gasteiger partial charge in [0.2, 0.25) is 5.91 Å². The standard InChI is InChI=1S/C29H37IN4O3/c30-26-16-20(24(17-28(36)37)22-15-21-5-1-2-8-25(21)32-18-22)12-14-34(26)27(35)9-3-7-23-11-10-19-6-4-13-31-29(19)33-23/h10-11,15,18,20,24,26H,1-9,12-14,16-17H2,(H,31,33)(H,36,37). The molecule has 0 saturated carbocycles. The van der Waals surface area contributed by atoms with Crippen LogP contribution in [0.25, 0.3) is 0 Å². The molecule has 5 rings (SSSR count). The number of pyridine rings is 2. The van der Waals surface area contributed by atoms with Crippen LogP contribution in [-0.4, -0.2) is 49.0 Å². The van der Waals surface area contributed by atoms with E-state index in [0.717, 1.165) is 75.0 Å². The Morgan fingerprint density at radius 1 is 1.16 bits per heavy atom. The predicted octanol–water partition coefficient (Wildman–Crippen LogP) is 5.29. The maximum Gasteiger partial charge on any atom is 0.303 e. The number of aryl methyl sites for hydroxylation is 4. The summed E-state index contributed by atoms with van der Waals surface area (Å²) >= 11 is 2.38. The van der Waals surface area contributed by atoms with Crippen molar-refractivity contribution in [3.05, 3.63) is 52.5 Å². The second-order valence-corrected chi connectivity index (χ2v) is 12.2. The largest absolute Gasteiger partial charge is 0.481 e. The Morgan fingerprint density at radius 2 is 2.00 bits per heavy atom. The van der Waals surface area contributed by atoms with Crippen molar-refractivity contribution in [3.8, 4) is 0 Å². The number of nitrogens with one attached hydrogen (secondary N) is 1. The number of piperidine rings is 1. The predicted molar refractivity (Wildman–Crippen MR) is 152 cm³/mol. The molecule has 4 heterocycles. The number of halogens is 1. The van der Waals surface area contributed by atoms with Crippen LogP contribution in [0.15, 0.2) is 24.4 Å². The summed E-state index contributed by atoms with van der Waals surface area (Å²) in [6.07, 6.45) is 12.4. The lowest BCUT2D eigenvalue weighted by Gasteiger charge is -2.40. The van der Waals surface area contributed by atoms with E-state index in [1.807, 2.05) is 11.1 Å². The molecule has 1 saturated heterocycles. The van der Waals surface area contributed by atoms with Crippen LogP contribution in [0.2, 0.25) is 0 Å². The van der Waals surface area contributed by atoms with Crippen molar-refractivity contribution in [1.29, 1.82) is 0 Å². The first-order chi connectivity index (χ1) is 18.0. The first-order valence-electron chi connectivity index (χ1n) is 13.8. The van der Waals surface area contributed by atoms with Gasteiger partial charge in [-0.2, -0.15) is 0 Å². The van der Waals surface area contributed by atoms with Gasteiger partial charge in [0.1, 0.15) is 5.82 Å². The summed E-state index contributed by atoms with van der Waals surface area (Å²) < 4.78 is 0.0804. The van der Waals surface area contributed by atoms with Gasteiger partial charge in [-0.15, -0.1) is 0 Å². The number of carbonyl (C=O) groups excluding carboxylic acids is 1. The molecule has 1 fully saturated rings. The third-order valence-electron chi connectivity index (χ3n) is 8.25. The lowest BCUT2D eigenvalue weighted by Crippen LogP contribution is -2.44. The fourth-order valence-corrected chi connectivity index (χ4v) is 7.46. The van der Waals surface area contributed by atoms with Crippen molar-refractivity contribution in [2.45, 2.75) is 87.0 Å². The number of nitrogens with zero attached hydrogens (tertiary/aromatic N) is 3. The van der Waals surface area contributed by atoms with Crippen LogP contribution >= 0.6 is 22.6 Å². The molecule has 3 atom stereocenters. The van der Waals surface area contributed by atoms with Gasteiger partial charge in [-0.3, -0.25) is 14.6 Å². The van der Waals surface area contributed by atoms with Gasteiger partial charge >= 0.3 is 5.97 Å². The van der Waals surface area contributed by atoms with Crippen molar-refractivity contribution in [2.75, 3.05) is 18.4 Å². The highest BCUT2D eigenvalue weighted by molar-refractivity contribution is 14.1. The molecule has 198 valence electrons. The molecule has 0 radical (unpaired) electrons. The van der Waals surface area contributed by atoms with Crippen molar-refractivity contribution in [3.63, 3.8) is 0 Å². The van der Waals surface area contributed by atoms with Gasteiger partial charge in [0.05, 0.1) is 10.5 Å². The van der Waals surface area contributed by atoms with Gasteiger partial charge < -0.3 is 15.3 Å². The molecule has 7 nitrogen and oxygen atoms in total. The fourth-order valence-electron chi connectivity index (χ4n) is 6.21. The number of aliphatic carboxylic acids is 1. The number of hydrogen-bond donors (Lipinski definition) is 2. The highest BCUT2D eigenvalue weighted by Crippen LogP contribution is 2.40. The summed E-state index contributed by atoms with van der Waals surface area (Å²) in [6.45, 7) is 1.66.